The van der Waals surface area contributed by atoms with Crippen LogP contribution in [0.4, 0.5) is 10.5 Å². The van der Waals surface area contributed by atoms with Crippen molar-refractivity contribution in [3.8, 4) is 11.1 Å². The van der Waals surface area contributed by atoms with Crippen LogP contribution in [0.3, 0.4) is 0 Å². The van der Waals surface area contributed by atoms with Gasteiger partial charge in [0.15, 0.2) is 0 Å². The highest BCUT2D eigenvalue weighted by molar-refractivity contribution is 5.94. The van der Waals surface area contributed by atoms with Crippen molar-refractivity contribution in [3.05, 3.63) is 54.6 Å². The van der Waals surface area contributed by atoms with Crippen LogP contribution in [0.25, 0.3) is 11.1 Å². The Balaban J connectivity index is 1.45. The summed E-state index contributed by atoms with van der Waals surface area (Å²) in [7, 11) is 0. The third-order valence-electron chi connectivity index (χ3n) is 6.01. The molecule has 2 amide bonds. The molecule has 1 saturated heterocycles. The van der Waals surface area contributed by atoms with Crippen molar-refractivity contribution in [3.63, 3.8) is 0 Å². The summed E-state index contributed by atoms with van der Waals surface area (Å²) in [6, 6.07) is 17.6. The average Bonchev–Trinajstić information content (AvgIpc) is 2.69. The summed E-state index contributed by atoms with van der Waals surface area (Å²) in [5.74, 6) is 0. The van der Waals surface area contributed by atoms with Crippen molar-refractivity contribution in [1.29, 1.82) is 0 Å². The van der Waals surface area contributed by atoms with E-state index in [-0.39, 0.29) is 6.03 Å². The first-order valence-electron chi connectivity index (χ1n) is 9.17. The third kappa shape index (κ3) is 2.87. The monoisotopic (exact) mass is 352 g/mol. The molecule has 0 unspecified atom stereocenters. The highest BCUT2D eigenvalue weighted by Crippen LogP contribution is 2.49. The fourth-order valence-electron chi connectivity index (χ4n) is 4.19. The SMILES string of the molecule is O=C(Nc1ccccc1-c1ccccc1)N1CCC2(CC1)[C@H](O)C[C@@H]2O. The van der Waals surface area contributed by atoms with Crippen LogP contribution in [0.1, 0.15) is 19.3 Å². The lowest BCUT2D eigenvalue weighted by atomic mass is 9.58. The topological polar surface area (TPSA) is 72.8 Å². The third-order valence-corrected chi connectivity index (χ3v) is 6.01. The molecular formula is C21H24N2O3. The van der Waals surface area contributed by atoms with Crippen LogP contribution in [-0.2, 0) is 0 Å². The number of rotatable bonds is 2. The molecule has 5 heteroatoms. The Bertz CT molecular complexity index is 775. The fourth-order valence-corrected chi connectivity index (χ4v) is 4.19. The van der Waals surface area contributed by atoms with Gasteiger partial charge in [0.1, 0.15) is 0 Å². The van der Waals surface area contributed by atoms with E-state index < -0.39 is 17.6 Å². The number of carbonyl (C=O) groups is 1. The van der Waals surface area contributed by atoms with Crippen molar-refractivity contribution in [2.45, 2.75) is 31.5 Å². The number of hydrogen-bond donors (Lipinski definition) is 3. The molecule has 1 aliphatic heterocycles. The van der Waals surface area contributed by atoms with Gasteiger partial charge in [-0.3, -0.25) is 0 Å². The molecule has 2 fully saturated rings. The zero-order valence-corrected chi connectivity index (χ0v) is 14.6. The smallest absolute Gasteiger partial charge is 0.321 e. The van der Waals surface area contributed by atoms with Crippen molar-refractivity contribution in [1.82, 2.24) is 4.90 Å². The lowest BCUT2D eigenvalue weighted by molar-refractivity contribution is -0.186. The maximum absolute atomic E-state index is 12.7. The highest BCUT2D eigenvalue weighted by Gasteiger charge is 2.55. The molecule has 3 N–H and O–H groups in total. The Morgan fingerprint density at radius 1 is 0.962 bits per heavy atom. The molecule has 1 heterocycles. The van der Waals surface area contributed by atoms with Crippen LogP contribution in [0.5, 0.6) is 0 Å². The molecule has 0 bridgehead atoms. The van der Waals surface area contributed by atoms with Crippen LogP contribution < -0.4 is 5.32 Å². The van der Waals surface area contributed by atoms with Crippen molar-refractivity contribution in [2.24, 2.45) is 5.41 Å². The summed E-state index contributed by atoms with van der Waals surface area (Å²) < 4.78 is 0. The van der Waals surface area contributed by atoms with Crippen molar-refractivity contribution >= 4 is 11.7 Å². The van der Waals surface area contributed by atoms with E-state index in [1.165, 1.54) is 0 Å². The number of amides is 2. The van der Waals surface area contributed by atoms with E-state index in [9.17, 15) is 15.0 Å². The van der Waals surface area contributed by atoms with Crippen molar-refractivity contribution < 1.29 is 15.0 Å². The first kappa shape index (κ1) is 17.1. The van der Waals surface area contributed by atoms with Gasteiger partial charge >= 0.3 is 6.03 Å². The summed E-state index contributed by atoms with van der Waals surface area (Å²) in [5, 5.41) is 23.1. The zero-order valence-electron chi connectivity index (χ0n) is 14.6. The quantitative estimate of drug-likeness (QED) is 0.778. The molecule has 2 aliphatic rings. The predicted octanol–water partition coefficient (Wildman–Crippen LogP) is 3.09. The van der Waals surface area contributed by atoms with E-state index in [0.29, 0.717) is 32.4 Å². The largest absolute Gasteiger partial charge is 0.392 e. The summed E-state index contributed by atoms with van der Waals surface area (Å²) in [5.41, 5.74) is 2.42. The van der Waals surface area contributed by atoms with Gasteiger partial charge < -0.3 is 20.4 Å². The summed E-state index contributed by atoms with van der Waals surface area (Å²) in [6.07, 6.45) is 0.853. The highest BCUT2D eigenvalue weighted by atomic mass is 16.3. The normalized spacial score (nSPS) is 24.2. The van der Waals surface area contributed by atoms with E-state index in [4.69, 9.17) is 0 Å². The van der Waals surface area contributed by atoms with Crippen LogP contribution >= 0.6 is 0 Å². The number of aliphatic hydroxyl groups excluding tert-OH is 2. The molecule has 2 atom stereocenters. The Morgan fingerprint density at radius 3 is 2.23 bits per heavy atom. The van der Waals surface area contributed by atoms with Gasteiger partial charge in [-0.1, -0.05) is 48.5 Å². The molecule has 2 aromatic rings. The minimum absolute atomic E-state index is 0.133. The Morgan fingerprint density at radius 2 is 1.58 bits per heavy atom. The fraction of sp³-hybridized carbons (Fsp3) is 0.381. The number of carbonyl (C=O) groups excluding carboxylic acids is 1. The van der Waals surface area contributed by atoms with Gasteiger partial charge in [-0.15, -0.1) is 0 Å². The molecule has 2 aromatic carbocycles. The lowest BCUT2D eigenvalue weighted by Crippen LogP contribution is -2.62. The van der Waals surface area contributed by atoms with E-state index >= 15 is 0 Å². The number of likely N-dealkylation sites (tertiary alicyclic amines) is 1. The second-order valence-electron chi connectivity index (χ2n) is 7.33. The molecule has 0 radical (unpaired) electrons. The second kappa shape index (κ2) is 6.74. The maximum Gasteiger partial charge on any atom is 0.321 e. The number of anilines is 1. The van der Waals surface area contributed by atoms with Gasteiger partial charge in [-0.2, -0.15) is 0 Å². The van der Waals surface area contributed by atoms with E-state index in [2.05, 4.69) is 5.32 Å². The van der Waals surface area contributed by atoms with Crippen LogP contribution in [0, 0.1) is 5.41 Å². The molecule has 5 nitrogen and oxygen atoms in total. The van der Waals surface area contributed by atoms with Gasteiger partial charge in [0.2, 0.25) is 0 Å². The molecule has 136 valence electrons. The lowest BCUT2D eigenvalue weighted by Gasteiger charge is -2.54. The minimum Gasteiger partial charge on any atom is -0.392 e. The van der Waals surface area contributed by atoms with Gasteiger partial charge in [0, 0.05) is 30.5 Å². The zero-order chi connectivity index (χ0) is 18.1. The number of benzene rings is 2. The molecule has 26 heavy (non-hydrogen) atoms. The number of aliphatic hydroxyl groups is 2. The first-order chi connectivity index (χ1) is 12.6. The van der Waals surface area contributed by atoms with Gasteiger partial charge in [-0.05, 0) is 24.5 Å². The first-order valence-corrected chi connectivity index (χ1v) is 9.17. The minimum atomic E-state index is -0.443. The number of piperidine rings is 1. The number of nitrogens with one attached hydrogen (secondary N) is 1. The molecule has 1 spiro atoms. The molecule has 4 rings (SSSR count). The van der Waals surface area contributed by atoms with E-state index in [0.717, 1.165) is 16.8 Å². The average molecular weight is 352 g/mol. The summed E-state index contributed by atoms with van der Waals surface area (Å²) in [6.45, 7) is 1.10. The van der Waals surface area contributed by atoms with Gasteiger partial charge in [0.05, 0.1) is 17.9 Å². The number of urea groups is 1. The predicted molar refractivity (Wildman–Crippen MR) is 101 cm³/mol. The Kier molecular flexibility index (Phi) is 4.42. The number of hydrogen-bond acceptors (Lipinski definition) is 3. The Labute approximate surface area is 153 Å². The number of nitrogens with zero attached hydrogens (tertiary/aromatic N) is 1. The van der Waals surface area contributed by atoms with Crippen LogP contribution in [0.2, 0.25) is 0 Å². The maximum atomic E-state index is 12.7. The van der Waals surface area contributed by atoms with Gasteiger partial charge in [0.25, 0.3) is 0 Å². The Hall–Kier alpha value is -2.37. The number of para-hydroxylation sites is 1. The van der Waals surface area contributed by atoms with E-state index in [1.807, 2.05) is 54.6 Å². The standard InChI is InChI=1S/C21H24N2O3/c24-18-14-19(25)21(18)10-12-23(13-11-21)20(26)22-17-9-5-4-8-16(17)15-6-2-1-3-7-15/h1-9,18-19,24-25H,10-14H2,(H,22,26)/t18-,19+. The molecule has 1 saturated carbocycles. The second-order valence-corrected chi connectivity index (χ2v) is 7.33. The molecule has 0 aromatic heterocycles. The van der Waals surface area contributed by atoms with Crippen LogP contribution in [0.15, 0.2) is 54.6 Å². The summed E-state index contributed by atoms with van der Waals surface area (Å²) in [4.78, 5) is 14.5. The van der Waals surface area contributed by atoms with Gasteiger partial charge in [-0.25, -0.2) is 4.79 Å². The van der Waals surface area contributed by atoms with Crippen molar-refractivity contribution in [2.75, 3.05) is 18.4 Å². The summed E-state index contributed by atoms with van der Waals surface area (Å²) >= 11 is 0. The molecule has 1 aliphatic carbocycles. The van der Waals surface area contributed by atoms with E-state index in [1.54, 1.807) is 4.90 Å². The molecular weight excluding hydrogens is 328 g/mol. The van der Waals surface area contributed by atoms with Crippen LogP contribution in [-0.4, -0.2) is 46.4 Å².